The molecule has 19 heavy (non-hydrogen) atoms. The molecule has 0 spiro atoms. The molecule has 0 fully saturated rings. The van der Waals surface area contributed by atoms with Gasteiger partial charge in [-0.15, -0.1) is 0 Å². The number of rotatable bonds is 3. The van der Waals surface area contributed by atoms with Crippen molar-refractivity contribution in [3.05, 3.63) is 61.5 Å². The van der Waals surface area contributed by atoms with Crippen molar-refractivity contribution in [2.24, 2.45) is 0 Å². The smallest absolute Gasteiger partial charge is 0.125 e. The molecule has 2 aromatic carbocycles. The van der Waals surface area contributed by atoms with Gasteiger partial charge in [0.1, 0.15) is 11.6 Å². The van der Waals surface area contributed by atoms with Crippen molar-refractivity contribution >= 4 is 49.1 Å². The van der Waals surface area contributed by atoms with Gasteiger partial charge in [0.05, 0.1) is 10.7 Å². The van der Waals surface area contributed by atoms with Gasteiger partial charge in [-0.05, 0) is 45.8 Å². The van der Waals surface area contributed by atoms with Crippen LogP contribution in [0.25, 0.3) is 0 Å². The Morgan fingerprint density at radius 1 is 1.00 bits per heavy atom. The van der Waals surface area contributed by atoms with E-state index in [-0.39, 0.29) is 10.8 Å². The molecule has 0 aromatic heterocycles. The quantitative estimate of drug-likeness (QED) is 0.678. The SMILES string of the molecule is Fc1ccc(CNc2c(Cl)cc(F)cc2Br)c(Br)c1. The van der Waals surface area contributed by atoms with Crippen LogP contribution in [0.3, 0.4) is 0 Å². The van der Waals surface area contributed by atoms with Crippen LogP contribution in [0.5, 0.6) is 0 Å². The molecule has 0 unspecified atom stereocenters. The van der Waals surface area contributed by atoms with Gasteiger partial charge in [0.15, 0.2) is 0 Å². The Morgan fingerprint density at radius 2 is 1.68 bits per heavy atom. The topological polar surface area (TPSA) is 12.0 Å². The van der Waals surface area contributed by atoms with E-state index in [2.05, 4.69) is 37.2 Å². The van der Waals surface area contributed by atoms with Gasteiger partial charge in [0, 0.05) is 15.5 Å². The minimum Gasteiger partial charge on any atom is -0.379 e. The fraction of sp³-hybridized carbons (Fsp3) is 0.0769. The summed E-state index contributed by atoms with van der Waals surface area (Å²) in [5.74, 6) is -0.720. The summed E-state index contributed by atoms with van der Waals surface area (Å²) in [5, 5.41) is 3.37. The lowest BCUT2D eigenvalue weighted by atomic mass is 10.2. The summed E-state index contributed by atoms with van der Waals surface area (Å²) in [6, 6.07) is 6.99. The van der Waals surface area contributed by atoms with Crippen LogP contribution in [0.15, 0.2) is 39.3 Å². The van der Waals surface area contributed by atoms with Crippen LogP contribution in [-0.4, -0.2) is 0 Å². The van der Waals surface area contributed by atoms with E-state index in [9.17, 15) is 8.78 Å². The second kappa shape index (κ2) is 6.20. The van der Waals surface area contributed by atoms with Gasteiger partial charge in [-0.1, -0.05) is 33.6 Å². The van der Waals surface area contributed by atoms with E-state index in [0.29, 0.717) is 21.2 Å². The van der Waals surface area contributed by atoms with Crippen molar-refractivity contribution < 1.29 is 8.78 Å². The summed E-state index contributed by atoms with van der Waals surface area (Å²) in [6.45, 7) is 0.435. The van der Waals surface area contributed by atoms with Crippen molar-refractivity contribution in [3.63, 3.8) is 0 Å². The average molecular weight is 411 g/mol. The first-order valence-corrected chi connectivity index (χ1v) is 7.26. The lowest BCUT2D eigenvalue weighted by Crippen LogP contribution is -2.02. The number of benzene rings is 2. The molecule has 1 N–H and O–H groups in total. The molecule has 2 rings (SSSR count). The van der Waals surface area contributed by atoms with E-state index in [1.165, 1.54) is 24.3 Å². The third kappa shape index (κ3) is 3.68. The van der Waals surface area contributed by atoms with Gasteiger partial charge in [-0.3, -0.25) is 0 Å². The fourth-order valence-corrected chi connectivity index (χ4v) is 3.01. The standard InChI is InChI=1S/C13H8Br2ClF2N/c14-10-3-8(17)2-1-7(10)6-19-13-11(15)4-9(18)5-12(13)16/h1-5,19H,6H2. The Hall–Kier alpha value is -0.650. The molecule has 0 saturated carbocycles. The molecule has 0 heterocycles. The highest BCUT2D eigenvalue weighted by Crippen LogP contribution is 2.32. The Bertz CT molecular complexity index is 597. The van der Waals surface area contributed by atoms with E-state index in [4.69, 9.17) is 11.6 Å². The molecule has 0 amide bonds. The van der Waals surface area contributed by atoms with Gasteiger partial charge < -0.3 is 5.32 Å². The second-order valence-corrected chi connectivity index (χ2v) is 5.95. The van der Waals surface area contributed by atoms with E-state index in [1.54, 1.807) is 6.07 Å². The zero-order chi connectivity index (χ0) is 14.0. The zero-order valence-electron chi connectivity index (χ0n) is 9.48. The molecule has 1 nitrogen and oxygen atoms in total. The van der Waals surface area contributed by atoms with E-state index < -0.39 is 5.82 Å². The van der Waals surface area contributed by atoms with Crippen LogP contribution in [0.1, 0.15) is 5.56 Å². The number of hydrogen-bond donors (Lipinski definition) is 1. The molecule has 0 radical (unpaired) electrons. The monoisotopic (exact) mass is 409 g/mol. The van der Waals surface area contributed by atoms with Crippen LogP contribution < -0.4 is 5.32 Å². The lowest BCUT2D eigenvalue weighted by molar-refractivity contribution is 0.625. The number of halogens is 5. The molecule has 0 saturated heterocycles. The highest BCUT2D eigenvalue weighted by molar-refractivity contribution is 9.11. The maximum absolute atomic E-state index is 13.1. The summed E-state index contributed by atoms with van der Waals surface area (Å²) in [4.78, 5) is 0. The Morgan fingerprint density at radius 3 is 2.32 bits per heavy atom. The van der Waals surface area contributed by atoms with Crippen molar-refractivity contribution in [1.29, 1.82) is 0 Å². The second-order valence-electron chi connectivity index (χ2n) is 3.83. The van der Waals surface area contributed by atoms with Crippen LogP contribution in [-0.2, 0) is 6.54 Å². The van der Waals surface area contributed by atoms with E-state index in [0.717, 1.165) is 5.56 Å². The average Bonchev–Trinajstić information content (AvgIpc) is 2.30. The molecule has 100 valence electrons. The number of hydrogen-bond acceptors (Lipinski definition) is 1. The van der Waals surface area contributed by atoms with Crippen molar-refractivity contribution in [2.45, 2.75) is 6.54 Å². The highest BCUT2D eigenvalue weighted by atomic mass is 79.9. The van der Waals surface area contributed by atoms with Crippen LogP contribution in [0.2, 0.25) is 5.02 Å². The van der Waals surface area contributed by atoms with Crippen molar-refractivity contribution in [2.75, 3.05) is 5.32 Å². The molecule has 2 aromatic rings. The first kappa shape index (κ1) is 14.8. The molecule has 0 aliphatic heterocycles. The number of anilines is 1. The maximum Gasteiger partial charge on any atom is 0.125 e. The van der Waals surface area contributed by atoms with Gasteiger partial charge in [-0.2, -0.15) is 0 Å². The zero-order valence-corrected chi connectivity index (χ0v) is 13.4. The molecular weight excluding hydrogens is 403 g/mol. The third-order valence-corrected chi connectivity index (χ3v) is 4.14. The lowest BCUT2D eigenvalue weighted by Gasteiger charge is -2.12. The molecule has 0 aliphatic carbocycles. The summed E-state index contributed by atoms with van der Waals surface area (Å²) >= 11 is 12.5. The van der Waals surface area contributed by atoms with Crippen LogP contribution in [0.4, 0.5) is 14.5 Å². The minimum absolute atomic E-state index is 0.283. The van der Waals surface area contributed by atoms with E-state index >= 15 is 0 Å². The van der Waals surface area contributed by atoms with Crippen molar-refractivity contribution in [3.8, 4) is 0 Å². The van der Waals surface area contributed by atoms with Crippen molar-refractivity contribution in [1.82, 2.24) is 0 Å². The number of nitrogens with one attached hydrogen (secondary N) is 1. The maximum atomic E-state index is 13.1. The van der Waals surface area contributed by atoms with Gasteiger partial charge in [0.2, 0.25) is 0 Å². The van der Waals surface area contributed by atoms with Gasteiger partial charge >= 0.3 is 0 Å². The Labute approximate surface area is 131 Å². The summed E-state index contributed by atoms with van der Waals surface area (Å²) in [7, 11) is 0. The van der Waals surface area contributed by atoms with E-state index in [1.807, 2.05) is 0 Å². The third-order valence-electron chi connectivity index (χ3n) is 2.48. The summed E-state index contributed by atoms with van der Waals surface area (Å²) in [5.41, 5.74) is 1.47. The molecular formula is C13H8Br2ClF2N. The van der Waals surface area contributed by atoms with Crippen LogP contribution in [0, 0.1) is 11.6 Å². The van der Waals surface area contributed by atoms with Gasteiger partial charge in [-0.25, -0.2) is 8.78 Å². The predicted octanol–water partition coefficient (Wildman–Crippen LogP) is 5.76. The largest absolute Gasteiger partial charge is 0.379 e. The summed E-state index contributed by atoms with van der Waals surface area (Å²) in [6.07, 6.45) is 0. The highest BCUT2D eigenvalue weighted by Gasteiger charge is 2.09. The molecule has 0 aliphatic rings. The Kier molecular flexibility index (Phi) is 4.81. The molecule has 0 bridgehead atoms. The first-order chi connectivity index (χ1) is 8.97. The minimum atomic E-state index is -0.412. The molecule has 0 atom stereocenters. The first-order valence-electron chi connectivity index (χ1n) is 5.29. The normalized spacial score (nSPS) is 10.6. The predicted molar refractivity (Wildman–Crippen MR) is 80.5 cm³/mol. The Balaban J connectivity index is 2.19. The fourth-order valence-electron chi connectivity index (χ4n) is 1.56. The van der Waals surface area contributed by atoms with Crippen LogP contribution >= 0.6 is 43.5 Å². The van der Waals surface area contributed by atoms with Gasteiger partial charge in [0.25, 0.3) is 0 Å². The summed E-state index contributed by atoms with van der Waals surface area (Å²) < 4.78 is 27.3. The molecule has 6 heteroatoms.